The van der Waals surface area contributed by atoms with E-state index in [-0.39, 0.29) is 11.8 Å². The second kappa shape index (κ2) is 5.80. The molecule has 0 aliphatic carbocycles. The maximum absolute atomic E-state index is 11.6. The summed E-state index contributed by atoms with van der Waals surface area (Å²) in [5.41, 5.74) is 0.961. The highest BCUT2D eigenvalue weighted by molar-refractivity contribution is 9.10. The van der Waals surface area contributed by atoms with Crippen LogP contribution in [0.15, 0.2) is 28.7 Å². The molecule has 0 heterocycles. The van der Waals surface area contributed by atoms with Gasteiger partial charge in [0.05, 0.1) is 5.75 Å². The van der Waals surface area contributed by atoms with Gasteiger partial charge in [-0.05, 0) is 31.0 Å². The molecule has 0 radical (unpaired) electrons. The maximum atomic E-state index is 11.6. The van der Waals surface area contributed by atoms with E-state index in [2.05, 4.69) is 20.7 Å². The van der Waals surface area contributed by atoms with Crippen LogP contribution in [0, 0.1) is 0 Å². The first-order chi connectivity index (χ1) is 7.44. The molecule has 0 spiro atoms. The lowest BCUT2D eigenvalue weighted by Gasteiger charge is -2.14. The van der Waals surface area contributed by atoms with Crippen molar-refractivity contribution in [2.45, 2.75) is 26.3 Å². The summed E-state index contributed by atoms with van der Waals surface area (Å²) in [6, 6.07) is 7.43. The number of rotatable bonds is 5. The van der Waals surface area contributed by atoms with Crippen molar-refractivity contribution in [1.82, 2.24) is 4.72 Å². The summed E-state index contributed by atoms with van der Waals surface area (Å²) < 4.78 is 26.8. The summed E-state index contributed by atoms with van der Waals surface area (Å²) >= 11 is 3.34. The van der Waals surface area contributed by atoms with Crippen LogP contribution in [0.3, 0.4) is 0 Å². The fourth-order valence-corrected chi connectivity index (χ4v) is 3.01. The van der Waals surface area contributed by atoms with Crippen LogP contribution in [0.2, 0.25) is 0 Å². The molecule has 1 aromatic carbocycles. The molecule has 0 saturated heterocycles. The van der Waals surface area contributed by atoms with Gasteiger partial charge in [0.25, 0.3) is 0 Å². The summed E-state index contributed by atoms with van der Waals surface area (Å²) in [7, 11) is -3.15. The highest BCUT2D eigenvalue weighted by Gasteiger charge is 2.14. The summed E-state index contributed by atoms with van der Waals surface area (Å²) in [5, 5.41) is 0. The third-order valence-electron chi connectivity index (χ3n) is 2.20. The highest BCUT2D eigenvalue weighted by Crippen LogP contribution is 2.17. The number of benzene rings is 1. The first-order valence-electron chi connectivity index (χ1n) is 5.20. The lowest BCUT2D eigenvalue weighted by atomic mass is 10.1. The van der Waals surface area contributed by atoms with Crippen molar-refractivity contribution >= 4 is 26.0 Å². The smallest absolute Gasteiger partial charge is 0.212 e. The molecule has 1 atom stereocenters. The summed E-state index contributed by atoms with van der Waals surface area (Å²) in [5.74, 6) is 0.174. The van der Waals surface area contributed by atoms with Crippen LogP contribution in [-0.4, -0.2) is 14.2 Å². The molecule has 0 aliphatic rings. The first-order valence-corrected chi connectivity index (χ1v) is 7.64. The molecule has 90 valence electrons. The molecule has 0 aliphatic heterocycles. The third kappa shape index (κ3) is 4.23. The molecular weight excluding hydrogens is 290 g/mol. The van der Waals surface area contributed by atoms with Gasteiger partial charge in [-0.15, -0.1) is 0 Å². The minimum Gasteiger partial charge on any atom is -0.212 e. The van der Waals surface area contributed by atoms with Crippen LogP contribution in [0.25, 0.3) is 0 Å². The molecule has 1 N–H and O–H groups in total. The average molecular weight is 306 g/mol. The van der Waals surface area contributed by atoms with Crippen molar-refractivity contribution in [3.8, 4) is 0 Å². The van der Waals surface area contributed by atoms with Crippen molar-refractivity contribution in [3.63, 3.8) is 0 Å². The van der Waals surface area contributed by atoms with Crippen molar-refractivity contribution in [1.29, 1.82) is 0 Å². The standard InChI is InChI=1S/C11H16BrNO2S/c1-3-8-16(14,15)13-9(2)10-4-6-11(12)7-5-10/h4-7,9,13H,3,8H2,1-2H3/t9-/m1/s1. The first kappa shape index (κ1) is 13.7. The molecular formula is C11H16BrNO2S. The van der Waals surface area contributed by atoms with E-state index >= 15 is 0 Å². The second-order valence-electron chi connectivity index (χ2n) is 3.71. The Balaban J connectivity index is 2.72. The summed E-state index contributed by atoms with van der Waals surface area (Å²) in [6.45, 7) is 3.69. The predicted molar refractivity (Wildman–Crippen MR) is 69.8 cm³/mol. The van der Waals surface area contributed by atoms with Gasteiger partial charge in [0, 0.05) is 10.5 Å². The van der Waals surface area contributed by atoms with Gasteiger partial charge in [-0.3, -0.25) is 0 Å². The Hall–Kier alpha value is -0.390. The molecule has 0 saturated carbocycles. The highest BCUT2D eigenvalue weighted by atomic mass is 79.9. The number of halogens is 1. The van der Waals surface area contributed by atoms with Gasteiger partial charge in [0.2, 0.25) is 10.0 Å². The van der Waals surface area contributed by atoms with E-state index in [4.69, 9.17) is 0 Å². The monoisotopic (exact) mass is 305 g/mol. The van der Waals surface area contributed by atoms with Gasteiger partial charge in [0.15, 0.2) is 0 Å². The van der Waals surface area contributed by atoms with Crippen LogP contribution in [-0.2, 0) is 10.0 Å². The van der Waals surface area contributed by atoms with Gasteiger partial charge >= 0.3 is 0 Å². The molecule has 0 amide bonds. The predicted octanol–water partition coefficient (Wildman–Crippen LogP) is 2.84. The molecule has 0 bridgehead atoms. The second-order valence-corrected chi connectivity index (χ2v) is 6.50. The molecule has 16 heavy (non-hydrogen) atoms. The van der Waals surface area contributed by atoms with E-state index in [0.29, 0.717) is 6.42 Å². The normalized spacial score (nSPS) is 13.7. The minimum atomic E-state index is -3.15. The van der Waals surface area contributed by atoms with Crippen molar-refractivity contribution in [3.05, 3.63) is 34.3 Å². The lowest BCUT2D eigenvalue weighted by molar-refractivity contribution is 0.565. The molecule has 1 rings (SSSR count). The van der Waals surface area contributed by atoms with Gasteiger partial charge < -0.3 is 0 Å². The van der Waals surface area contributed by atoms with Gasteiger partial charge in [0.1, 0.15) is 0 Å². The lowest BCUT2D eigenvalue weighted by Crippen LogP contribution is -2.28. The van der Waals surface area contributed by atoms with Crippen LogP contribution in [0.1, 0.15) is 31.9 Å². The van der Waals surface area contributed by atoms with E-state index in [1.165, 1.54) is 0 Å². The van der Waals surface area contributed by atoms with Gasteiger partial charge in [-0.1, -0.05) is 35.0 Å². The Bertz CT molecular complexity index is 428. The van der Waals surface area contributed by atoms with E-state index in [1.807, 2.05) is 38.1 Å². The molecule has 5 heteroatoms. The minimum absolute atomic E-state index is 0.174. The van der Waals surface area contributed by atoms with Crippen LogP contribution >= 0.6 is 15.9 Å². The molecule has 0 aromatic heterocycles. The third-order valence-corrected chi connectivity index (χ3v) is 4.39. The quantitative estimate of drug-likeness (QED) is 0.909. The SMILES string of the molecule is CCCS(=O)(=O)N[C@H](C)c1ccc(Br)cc1. The fourth-order valence-electron chi connectivity index (χ4n) is 1.42. The molecule has 1 aromatic rings. The zero-order chi connectivity index (χ0) is 12.2. The van der Waals surface area contributed by atoms with E-state index < -0.39 is 10.0 Å². The van der Waals surface area contributed by atoms with E-state index in [1.54, 1.807) is 0 Å². The summed E-state index contributed by atoms with van der Waals surface area (Å²) in [6.07, 6.45) is 0.627. The molecule has 3 nitrogen and oxygen atoms in total. The Labute approximate surface area is 105 Å². The number of sulfonamides is 1. The maximum Gasteiger partial charge on any atom is 0.212 e. The number of nitrogens with one attached hydrogen (secondary N) is 1. The Morgan fingerprint density at radius 2 is 1.88 bits per heavy atom. The zero-order valence-electron chi connectivity index (χ0n) is 9.40. The van der Waals surface area contributed by atoms with Crippen molar-refractivity contribution in [2.75, 3.05) is 5.75 Å². The number of hydrogen-bond acceptors (Lipinski definition) is 2. The van der Waals surface area contributed by atoms with Crippen molar-refractivity contribution < 1.29 is 8.42 Å². The topological polar surface area (TPSA) is 46.2 Å². The Morgan fingerprint density at radius 1 is 1.31 bits per heavy atom. The average Bonchev–Trinajstić information content (AvgIpc) is 2.17. The molecule has 0 fully saturated rings. The Morgan fingerprint density at radius 3 is 2.38 bits per heavy atom. The van der Waals surface area contributed by atoms with Crippen LogP contribution < -0.4 is 4.72 Å². The van der Waals surface area contributed by atoms with E-state index in [9.17, 15) is 8.42 Å². The van der Waals surface area contributed by atoms with Crippen LogP contribution in [0.4, 0.5) is 0 Å². The summed E-state index contributed by atoms with van der Waals surface area (Å²) in [4.78, 5) is 0. The van der Waals surface area contributed by atoms with Crippen molar-refractivity contribution in [2.24, 2.45) is 0 Å². The van der Waals surface area contributed by atoms with Crippen LogP contribution in [0.5, 0.6) is 0 Å². The zero-order valence-corrected chi connectivity index (χ0v) is 11.8. The van der Waals surface area contributed by atoms with Gasteiger partial charge in [-0.2, -0.15) is 0 Å². The van der Waals surface area contributed by atoms with Gasteiger partial charge in [-0.25, -0.2) is 13.1 Å². The number of hydrogen-bond donors (Lipinski definition) is 1. The fraction of sp³-hybridized carbons (Fsp3) is 0.455. The molecule has 0 unspecified atom stereocenters. The largest absolute Gasteiger partial charge is 0.212 e. The van der Waals surface area contributed by atoms with E-state index in [0.717, 1.165) is 10.0 Å². The Kier molecular flexibility index (Phi) is 4.95.